The Kier molecular flexibility index (Phi) is 6.91. The number of benzene rings is 1. The van der Waals surface area contributed by atoms with Crippen molar-refractivity contribution in [1.29, 1.82) is 0 Å². The van der Waals surface area contributed by atoms with Crippen LogP contribution < -0.4 is 14.8 Å². The fourth-order valence-electron chi connectivity index (χ4n) is 3.11. The van der Waals surface area contributed by atoms with Crippen LogP contribution in [0.1, 0.15) is 33.6 Å². The van der Waals surface area contributed by atoms with Gasteiger partial charge in [0.05, 0.1) is 24.3 Å². The van der Waals surface area contributed by atoms with E-state index in [-0.39, 0.29) is 24.5 Å². The maximum atomic E-state index is 12.5. The third kappa shape index (κ3) is 6.41. The molecule has 1 saturated heterocycles. The third-order valence-electron chi connectivity index (χ3n) is 4.41. The van der Waals surface area contributed by atoms with Crippen molar-refractivity contribution in [1.82, 2.24) is 10.3 Å². The summed E-state index contributed by atoms with van der Waals surface area (Å²) in [5.41, 5.74) is 0.0593. The first-order valence-electron chi connectivity index (χ1n) is 9.77. The van der Waals surface area contributed by atoms with Crippen molar-refractivity contribution in [3.8, 4) is 11.5 Å². The molecule has 2 heterocycles. The first-order chi connectivity index (χ1) is 14.2. The average Bonchev–Trinajstić information content (AvgIpc) is 2.65. The summed E-state index contributed by atoms with van der Waals surface area (Å²) in [5, 5.41) is 3.38. The summed E-state index contributed by atoms with van der Waals surface area (Å²) < 4.78 is 46.4. The maximum Gasteiger partial charge on any atom is 0.407 e. The zero-order valence-corrected chi connectivity index (χ0v) is 17.2. The Morgan fingerprint density at radius 1 is 1.30 bits per heavy atom. The second-order valence-electron chi connectivity index (χ2n) is 8.05. The minimum absolute atomic E-state index is 0.0420. The topological polar surface area (TPSA) is 78.9 Å². The summed E-state index contributed by atoms with van der Waals surface area (Å²) in [4.78, 5) is 16.1. The lowest BCUT2D eigenvalue weighted by Crippen LogP contribution is -2.45. The fraction of sp³-hybridized carbons (Fsp3) is 0.524. The number of fused-ring (bicyclic) bond motifs is 1. The predicted octanol–water partition coefficient (Wildman–Crippen LogP) is 4.29. The highest BCUT2D eigenvalue weighted by atomic mass is 19.3. The molecule has 7 nitrogen and oxygen atoms in total. The lowest BCUT2D eigenvalue weighted by atomic mass is 10.1. The van der Waals surface area contributed by atoms with Crippen molar-refractivity contribution in [2.45, 2.75) is 58.0 Å². The normalized spacial score (nSPS) is 19.5. The monoisotopic (exact) mass is 424 g/mol. The molecule has 2 aromatic rings. The Morgan fingerprint density at radius 2 is 2.10 bits per heavy atom. The molecule has 30 heavy (non-hydrogen) atoms. The molecular weight excluding hydrogens is 398 g/mol. The quantitative estimate of drug-likeness (QED) is 0.746. The number of aromatic nitrogens is 1. The van der Waals surface area contributed by atoms with E-state index in [1.54, 1.807) is 18.3 Å². The van der Waals surface area contributed by atoms with Crippen LogP contribution in [0.2, 0.25) is 0 Å². The smallest absolute Gasteiger partial charge is 0.407 e. The van der Waals surface area contributed by atoms with Crippen molar-refractivity contribution in [2.24, 2.45) is 0 Å². The molecule has 2 unspecified atom stereocenters. The van der Waals surface area contributed by atoms with Crippen LogP contribution in [0.15, 0.2) is 30.5 Å². The van der Waals surface area contributed by atoms with Crippen LogP contribution in [0.25, 0.3) is 10.9 Å². The molecule has 164 valence electrons. The molecule has 0 spiro atoms. The van der Waals surface area contributed by atoms with Gasteiger partial charge in [0, 0.05) is 11.6 Å². The van der Waals surface area contributed by atoms with Crippen molar-refractivity contribution < 1.29 is 32.5 Å². The zero-order chi connectivity index (χ0) is 21.7. The van der Waals surface area contributed by atoms with E-state index < -0.39 is 18.3 Å². The lowest BCUT2D eigenvalue weighted by Gasteiger charge is -2.30. The third-order valence-corrected chi connectivity index (χ3v) is 4.41. The van der Waals surface area contributed by atoms with E-state index in [1.165, 1.54) is 12.1 Å². The average molecular weight is 424 g/mol. The summed E-state index contributed by atoms with van der Waals surface area (Å²) in [7, 11) is 0. The van der Waals surface area contributed by atoms with Crippen LogP contribution in [-0.4, -0.2) is 48.6 Å². The highest BCUT2D eigenvalue weighted by molar-refractivity contribution is 5.86. The molecule has 1 aliphatic heterocycles. The molecule has 1 amide bonds. The second kappa shape index (κ2) is 9.42. The van der Waals surface area contributed by atoms with Crippen LogP contribution in [0.3, 0.4) is 0 Å². The highest BCUT2D eigenvalue weighted by Crippen LogP contribution is 2.29. The number of hydrogen-bond donors (Lipinski definition) is 1. The van der Waals surface area contributed by atoms with E-state index in [1.807, 2.05) is 20.8 Å². The molecule has 2 atom stereocenters. The number of halogens is 2. The van der Waals surface area contributed by atoms with Crippen LogP contribution >= 0.6 is 0 Å². The molecule has 0 radical (unpaired) electrons. The van der Waals surface area contributed by atoms with Crippen molar-refractivity contribution in [3.63, 3.8) is 0 Å². The van der Waals surface area contributed by atoms with Gasteiger partial charge < -0.3 is 24.3 Å². The summed E-state index contributed by atoms with van der Waals surface area (Å²) in [5.74, 6) is 0.553. The molecular formula is C21H26F2N2O5. The number of pyridine rings is 1. The number of nitrogens with one attached hydrogen (secondary N) is 1. The SMILES string of the molecule is CC(C)(C)OC(=O)NC1CCC(COc2ccnc3ccc(OC(F)F)cc23)OC1. The first-order valence-corrected chi connectivity index (χ1v) is 9.77. The number of alkyl carbamates (subject to hydrolysis) is 1. The van der Waals surface area contributed by atoms with Gasteiger partial charge in [-0.1, -0.05) is 0 Å². The van der Waals surface area contributed by atoms with Crippen LogP contribution in [0, 0.1) is 0 Å². The maximum absolute atomic E-state index is 12.5. The van der Waals surface area contributed by atoms with Gasteiger partial charge in [-0.2, -0.15) is 8.78 Å². The van der Waals surface area contributed by atoms with Crippen molar-refractivity contribution in [3.05, 3.63) is 30.5 Å². The molecule has 1 N–H and O–H groups in total. The van der Waals surface area contributed by atoms with Crippen molar-refractivity contribution >= 4 is 17.0 Å². The largest absolute Gasteiger partial charge is 0.490 e. The summed E-state index contributed by atoms with van der Waals surface area (Å²) in [6.07, 6.45) is 2.41. The molecule has 0 saturated carbocycles. The summed E-state index contributed by atoms with van der Waals surface area (Å²) in [6.45, 7) is 3.17. The molecule has 1 fully saturated rings. The molecule has 0 bridgehead atoms. The van der Waals surface area contributed by atoms with Gasteiger partial charge in [-0.05, 0) is 57.9 Å². The van der Waals surface area contributed by atoms with Gasteiger partial charge in [0.25, 0.3) is 0 Å². The van der Waals surface area contributed by atoms with Crippen LogP contribution in [-0.2, 0) is 9.47 Å². The molecule has 1 aromatic carbocycles. The number of rotatable bonds is 6. The van der Waals surface area contributed by atoms with E-state index >= 15 is 0 Å². The van der Waals surface area contributed by atoms with E-state index in [0.717, 1.165) is 6.42 Å². The van der Waals surface area contributed by atoms with E-state index in [4.69, 9.17) is 14.2 Å². The lowest BCUT2D eigenvalue weighted by molar-refractivity contribution is -0.0497. The standard InChI is InChI=1S/C21H26F2N2O5/c1-21(2,3)30-20(26)25-13-4-5-15(27-11-13)12-28-18-8-9-24-17-7-6-14(10-16(17)18)29-19(22)23/h6-10,13,15,19H,4-5,11-12H2,1-3H3,(H,25,26). The number of ether oxygens (including phenoxy) is 4. The van der Waals surface area contributed by atoms with E-state index in [0.29, 0.717) is 29.7 Å². The molecule has 9 heteroatoms. The second-order valence-corrected chi connectivity index (χ2v) is 8.05. The first kappa shape index (κ1) is 22.0. The van der Waals surface area contributed by atoms with Gasteiger partial charge in [-0.3, -0.25) is 4.98 Å². The summed E-state index contributed by atoms with van der Waals surface area (Å²) in [6, 6.07) is 6.07. The van der Waals surface area contributed by atoms with Gasteiger partial charge in [0.15, 0.2) is 0 Å². The minimum atomic E-state index is -2.90. The minimum Gasteiger partial charge on any atom is -0.490 e. The Balaban J connectivity index is 1.53. The predicted molar refractivity (Wildman–Crippen MR) is 106 cm³/mol. The zero-order valence-electron chi connectivity index (χ0n) is 17.2. The number of alkyl halides is 2. The van der Waals surface area contributed by atoms with E-state index in [2.05, 4.69) is 15.0 Å². The number of amides is 1. The number of carbonyl (C=O) groups excluding carboxylic acids is 1. The van der Waals surface area contributed by atoms with Crippen molar-refractivity contribution in [2.75, 3.05) is 13.2 Å². The van der Waals surface area contributed by atoms with E-state index in [9.17, 15) is 13.6 Å². The Bertz CT molecular complexity index is 864. The highest BCUT2D eigenvalue weighted by Gasteiger charge is 2.25. The number of nitrogens with zero attached hydrogens (tertiary/aromatic N) is 1. The van der Waals surface area contributed by atoms with Gasteiger partial charge in [-0.25, -0.2) is 4.79 Å². The van der Waals surface area contributed by atoms with Gasteiger partial charge in [0.1, 0.15) is 23.7 Å². The van der Waals surface area contributed by atoms with Gasteiger partial charge in [-0.15, -0.1) is 0 Å². The molecule has 1 aliphatic rings. The van der Waals surface area contributed by atoms with Crippen LogP contribution in [0.5, 0.6) is 11.5 Å². The number of hydrogen-bond acceptors (Lipinski definition) is 6. The van der Waals surface area contributed by atoms with Gasteiger partial charge >= 0.3 is 12.7 Å². The molecule has 3 rings (SSSR count). The number of carbonyl (C=O) groups is 1. The molecule has 0 aliphatic carbocycles. The Morgan fingerprint density at radius 3 is 2.77 bits per heavy atom. The summed E-state index contributed by atoms with van der Waals surface area (Å²) >= 11 is 0. The van der Waals surface area contributed by atoms with Crippen LogP contribution in [0.4, 0.5) is 13.6 Å². The van der Waals surface area contributed by atoms with Gasteiger partial charge in [0.2, 0.25) is 0 Å². The Labute approximate surface area is 173 Å². The molecule has 1 aromatic heterocycles. The fourth-order valence-corrected chi connectivity index (χ4v) is 3.11. The Hall–Kier alpha value is -2.68.